The predicted molar refractivity (Wildman–Crippen MR) is 52.0 cm³/mol. The molecule has 6 heteroatoms. The Morgan fingerprint density at radius 1 is 1.33 bits per heavy atom. The predicted octanol–water partition coefficient (Wildman–Crippen LogP) is 3.41. The summed E-state index contributed by atoms with van der Waals surface area (Å²) < 4.78 is 51.0. The molecule has 1 N–H and O–H groups in total. The van der Waals surface area contributed by atoms with Crippen molar-refractivity contribution in [1.82, 2.24) is 5.32 Å². The summed E-state index contributed by atoms with van der Waals surface area (Å²) in [4.78, 5) is 0. The van der Waals surface area contributed by atoms with Crippen molar-refractivity contribution in [2.75, 3.05) is 7.05 Å². The SMILES string of the molecule is CNC(c1ccc(Br)cc1F)C(F)(F)F. The second-order valence-corrected chi connectivity index (χ2v) is 3.84. The van der Waals surface area contributed by atoms with Crippen LogP contribution in [0.5, 0.6) is 0 Å². The molecule has 1 atom stereocenters. The fraction of sp³-hybridized carbons (Fsp3) is 0.333. The molecule has 0 radical (unpaired) electrons. The molecule has 0 bridgehead atoms. The van der Waals surface area contributed by atoms with Gasteiger partial charge in [0.15, 0.2) is 0 Å². The van der Waals surface area contributed by atoms with Crippen LogP contribution < -0.4 is 5.32 Å². The monoisotopic (exact) mass is 285 g/mol. The zero-order chi connectivity index (χ0) is 11.6. The van der Waals surface area contributed by atoms with Crippen LogP contribution in [0.2, 0.25) is 0 Å². The van der Waals surface area contributed by atoms with E-state index in [1.807, 2.05) is 5.32 Å². The van der Waals surface area contributed by atoms with E-state index in [1.165, 1.54) is 6.07 Å². The Balaban J connectivity index is 3.13. The Bertz CT molecular complexity index is 350. The first-order valence-electron chi connectivity index (χ1n) is 4.05. The third-order valence-electron chi connectivity index (χ3n) is 1.89. The molecule has 0 aliphatic rings. The number of hydrogen-bond donors (Lipinski definition) is 1. The molecule has 0 aliphatic heterocycles. The van der Waals surface area contributed by atoms with E-state index >= 15 is 0 Å². The van der Waals surface area contributed by atoms with E-state index in [9.17, 15) is 17.6 Å². The highest BCUT2D eigenvalue weighted by molar-refractivity contribution is 9.10. The van der Waals surface area contributed by atoms with E-state index in [0.29, 0.717) is 4.47 Å². The first-order chi connectivity index (χ1) is 6.86. The van der Waals surface area contributed by atoms with Crippen molar-refractivity contribution in [2.45, 2.75) is 12.2 Å². The summed E-state index contributed by atoms with van der Waals surface area (Å²) in [5.74, 6) is -0.888. The van der Waals surface area contributed by atoms with Gasteiger partial charge in [0.05, 0.1) is 0 Å². The fourth-order valence-corrected chi connectivity index (χ4v) is 1.56. The van der Waals surface area contributed by atoms with Gasteiger partial charge in [0.25, 0.3) is 0 Å². The second-order valence-electron chi connectivity index (χ2n) is 2.93. The van der Waals surface area contributed by atoms with E-state index in [4.69, 9.17) is 0 Å². The van der Waals surface area contributed by atoms with Gasteiger partial charge in [-0.05, 0) is 19.2 Å². The van der Waals surface area contributed by atoms with E-state index in [0.717, 1.165) is 19.2 Å². The van der Waals surface area contributed by atoms with Gasteiger partial charge in [-0.15, -0.1) is 0 Å². The van der Waals surface area contributed by atoms with Gasteiger partial charge in [0.2, 0.25) is 0 Å². The Labute approximate surface area is 92.6 Å². The molecule has 1 aromatic carbocycles. The minimum absolute atomic E-state index is 0.403. The standard InChI is InChI=1S/C9H8BrF4N/c1-15-8(9(12,13)14)6-3-2-5(10)4-7(6)11/h2-4,8,15H,1H3. The van der Waals surface area contributed by atoms with Gasteiger partial charge >= 0.3 is 6.18 Å². The molecule has 1 unspecified atom stereocenters. The minimum atomic E-state index is -4.51. The number of benzene rings is 1. The van der Waals surface area contributed by atoms with Crippen molar-refractivity contribution >= 4 is 15.9 Å². The van der Waals surface area contributed by atoms with Crippen LogP contribution in [0.3, 0.4) is 0 Å². The summed E-state index contributed by atoms with van der Waals surface area (Å²) in [5, 5.41) is 2.04. The topological polar surface area (TPSA) is 12.0 Å². The van der Waals surface area contributed by atoms with Crippen LogP contribution in [-0.2, 0) is 0 Å². The van der Waals surface area contributed by atoms with Gasteiger partial charge in [-0.2, -0.15) is 13.2 Å². The molecule has 0 fully saturated rings. The molecule has 1 rings (SSSR count). The van der Waals surface area contributed by atoms with Crippen LogP contribution in [-0.4, -0.2) is 13.2 Å². The largest absolute Gasteiger partial charge is 0.408 e. The first kappa shape index (κ1) is 12.4. The highest BCUT2D eigenvalue weighted by atomic mass is 79.9. The highest BCUT2D eigenvalue weighted by Crippen LogP contribution is 2.34. The highest BCUT2D eigenvalue weighted by Gasteiger charge is 2.41. The van der Waals surface area contributed by atoms with E-state index in [-0.39, 0.29) is 0 Å². The molecule has 15 heavy (non-hydrogen) atoms. The van der Waals surface area contributed by atoms with Crippen molar-refractivity contribution in [1.29, 1.82) is 0 Å². The smallest absolute Gasteiger partial charge is 0.305 e. The van der Waals surface area contributed by atoms with Crippen LogP contribution in [0, 0.1) is 5.82 Å². The molecule has 0 heterocycles. The Morgan fingerprint density at radius 2 is 1.93 bits per heavy atom. The first-order valence-corrected chi connectivity index (χ1v) is 4.84. The number of halogens is 5. The van der Waals surface area contributed by atoms with Crippen LogP contribution >= 0.6 is 15.9 Å². The van der Waals surface area contributed by atoms with Crippen LogP contribution in [0.4, 0.5) is 17.6 Å². The van der Waals surface area contributed by atoms with Gasteiger partial charge in [0, 0.05) is 10.0 Å². The number of hydrogen-bond acceptors (Lipinski definition) is 1. The van der Waals surface area contributed by atoms with Crippen molar-refractivity contribution in [3.05, 3.63) is 34.1 Å². The lowest BCUT2D eigenvalue weighted by Crippen LogP contribution is -2.32. The quantitative estimate of drug-likeness (QED) is 0.821. The average Bonchev–Trinajstić information content (AvgIpc) is 2.07. The number of alkyl halides is 3. The van der Waals surface area contributed by atoms with Crippen molar-refractivity contribution in [2.24, 2.45) is 0 Å². The molecule has 0 saturated carbocycles. The maximum atomic E-state index is 13.2. The molecule has 0 spiro atoms. The van der Waals surface area contributed by atoms with E-state index in [1.54, 1.807) is 0 Å². The zero-order valence-electron chi connectivity index (χ0n) is 7.70. The molecule has 1 aromatic rings. The summed E-state index contributed by atoms with van der Waals surface area (Å²) >= 11 is 2.98. The third kappa shape index (κ3) is 2.92. The molecule has 0 aromatic heterocycles. The van der Waals surface area contributed by atoms with Gasteiger partial charge in [-0.25, -0.2) is 4.39 Å². The summed E-state index contributed by atoms with van der Waals surface area (Å²) in [6.07, 6.45) is -4.51. The molecule has 84 valence electrons. The van der Waals surface area contributed by atoms with Crippen LogP contribution in [0.15, 0.2) is 22.7 Å². The summed E-state index contributed by atoms with van der Waals surface area (Å²) in [5.41, 5.74) is -0.409. The molecular weight excluding hydrogens is 278 g/mol. The minimum Gasteiger partial charge on any atom is -0.305 e. The molecule has 0 amide bonds. The summed E-state index contributed by atoms with van der Waals surface area (Å²) in [6, 6.07) is 1.50. The molecule has 1 nitrogen and oxygen atoms in total. The fourth-order valence-electron chi connectivity index (χ4n) is 1.23. The maximum absolute atomic E-state index is 13.2. The second kappa shape index (κ2) is 4.49. The molecule has 0 aliphatic carbocycles. The zero-order valence-corrected chi connectivity index (χ0v) is 9.29. The van der Waals surface area contributed by atoms with E-state index in [2.05, 4.69) is 15.9 Å². The Morgan fingerprint density at radius 3 is 2.33 bits per heavy atom. The Kier molecular flexibility index (Phi) is 3.72. The lowest BCUT2D eigenvalue weighted by atomic mass is 10.1. The third-order valence-corrected chi connectivity index (χ3v) is 2.38. The number of rotatable bonds is 2. The van der Waals surface area contributed by atoms with Gasteiger partial charge in [-0.3, -0.25) is 0 Å². The number of nitrogens with one attached hydrogen (secondary N) is 1. The summed E-state index contributed by atoms with van der Waals surface area (Å²) in [6.45, 7) is 0. The van der Waals surface area contributed by atoms with Crippen molar-refractivity contribution < 1.29 is 17.6 Å². The molecule has 0 saturated heterocycles. The summed E-state index contributed by atoms with van der Waals surface area (Å²) in [7, 11) is 1.14. The lowest BCUT2D eigenvalue weighted by Gasteiger charge is -2.20. The van der Waals surface area contributed by atoms with Gasteiger partial charge < -0.3 is 5.32 Å². The van der Waals surface area contributed by atoms with E-state index < -0.39 is 23.6 Å². The van der Waals surface area contributed by atoms with Gasteiger partial charge in [0.1, 0.15) is 11.9 Å². The lowest BCUT2D eigenvalue weighted by molar-refractivity contribution is -0.156. The van der Waals surface area contributed by atoms with Crippen LogP contribution in [0.25, 0.3) is 0 Å². The van der Waals surface area contributed by atoms with Crippen molar-refractivity contribution in [3.8, 4) is 0 Å². The Hall–Kier alpha value is -0.620. The van der Waals surface area contributed by atoms with Crippen molar-refractivity contribution in [3.63, 3.8) is 0 Å². The van der Waals surface area contributed by atoms with Crippen LogP contribution in [0.1, 0.15) is 11.6 Å². The average molecular weight is 286 g/mol. The normalized spacial score (nSPS) is 14.0. The molecular formula is C9H8BrF4N. The van der Waals surface area contributed by atoms with Gasteiger partial charge in [-0.1, -0.05) is 22.0 Å². The maximum Gasteiger partial charge on any atom is 0.408 e.